The summed E-state index contributed by atoms with van der Waals surface area (Å²) >= 11 is 0. The molecule has 3 rings (SSSR count). The van der Waals surface area contributed by atoms with E-state index in [2.05, 4.69) is 5.32 Å². The Balaban J connectivity index is 1.86. The van der Waals surface area contributed by atoms with Gasteiger partial charge in [-0.25, -0.2) is 4.39 Å². The summed E-state index contributed by atoms with van der Waals surface area (Å²) in [7, 11) is 1.63. The smallest absolute Gasteiger partial charge is 0.272 e. The summed E-state index contributed by atoms with van der Waals surface area (Å²) in [4.78, 5) is 10.0. The van der Waals surface area contributed by atoms with Crippen LogP contribution in [0.2, 0.25) is 0 Å². The molecule has 1 aliphatic rings. The van der Waals surface area contributed by atoms with E-state index in [4.69, 9.17) is 4.74 Å². The Kier molecular flexibility index (Phi) is 3.66. The summed E-state index contributed by atoms with van der Waals surface area (Å²) in [5.74, 6) is 0.219. The highest BCUT2D eigenvalue weighted by Gasteiger charge is 2.26. The van der Waals surface area contributed by atoms with E-state index in [-0.39, 0.29) is 17.4 Å². The number of non-ortho nitro benzene ring substituents is 1. The molecular weight excluding hydrogens is 287 g/mol. The molecule has 0 fully saturated rings. The summed E-state index contributed by atoms with van der Waals surface area (Å²) in [6.45, 7) is 0. The van der Waals surface area contributed by atoms with Crippen LogP contribution in [0.4, 0.5) is 15.8 Å². The Morgan fingerprint density at radius 1 is 1.36 bits per heavy atom. The minimum atomic E-state index is -0.620. The average molecular weight is 302 g/mol. The molecule has 114 valence electrons. The van der Waals surface area contributed by atoms with Crippen LogP contribution in [0.1, 0.15) is 23.6 Å². The molecule has 2 aromatic carbocycles. The van der Waals surface area contributed by atoms with Gasteiger partial charge in [0.05, 0.1) is 29.8 Å². The van der Waals surface area contributed by atoms with Gasteiger partial charge in [-0.05, 0) is 36.1 Å². The van der Waals surface area contributed by atoms with Crippen molar-refractivity contribution in [1.29, 1.82) is 0 Å². The lowest BCUT2D eigenvalue weighted by Gasteiger charge is -2.16. The molecule has 0 aromatic heterocycles. The lowest BCUT2D eigenvalue weighted by atomic mass is 10.1. The monoisotopic (exact) mass is 302 g/mol. The molecule has 0 aliphatic heterocycles. The number of nitro groups is 1. The minimum Gasteiger partial charge on any atom is -0.496 e. The van der Waals surface area contributed by atoms with Gasteiger partial charge in [0.2, 0.25) is 0 Å². The molecule has 1 N–H and O–H groups in total. The molecule has 1 aliphatic carbocycles. The van der Waals surface area contributed by atoms with Crippen LogP contribution in [0, 0.1) is 15.9 Å². The second-order valence-electron chi connectivity index (χ2n) is 5.18. The lowest BCUT2D eigenvalue weighted by molar-refractivity contribution is -0.385. The molecule has 0 saturated heterocycles. The summed E-state index contributed by atoms with van der Waals surface area (Å²) in [5, 5.41) is 13.8. The molecule has 6 heteroatoms. The molecular formula is C16H15FN2O3. The summed E-state index contributed by atoms with van der Waals surface area (Å²) in [6, 6.07) is 9.42. The van der Waals surface area contributed by atoms with Gasteiger partial charge >= 0.3 is 0 Å². The van der Waals surface area contributed by atoms with Crippen molar-refractivity contribution in [2.24, 2.45) is 0 Å². The molecule has 5 nitrogen and oxygen atoms in total. The number of halogens is 1. The molecule has 0 bridgehead atoms. The van der Waals surface area contributed by atoms with Crippen LogP contribution in [0.15, 0.2) is 36.4 Å². The van der Waals surface area contributed by atoms with Gasteiger partial charge in [0.1, 0.15) is 5.75 Å². The molecule has 0 saturated carbocycles. The van der Waals surface area contributed by atoms with Gasteiger partial charge < -0.3 is 10.1 Å². The van der Waals surface area contributed by atoms with Crippen molar-refractivity contribution in [1.82, 2.24) is 0 Å². The fourth-order valence-corrected chi connectivity index (χ4v) is 2.88. The standard InChI is InChI=1S/C16H15FN2O3/c1-22-16-4-2-3-11-12(16)6-8-14(11)18-15-7-5-10(19(20)21)9-13(15)17/h2-5,7,9,14,18H,6,8H2,1H3. The van der Waals surface area contributed by atoms with Crippen molar-refractivity contribution < 1.29 is 14.1 Å². The van der Waals surface area contributed by atoms with E-state index < -0.39 is 10.7 Å². The maximum atomic E-state index is 14.0. The number of anilines is 1. The third kappa shape index (κ3) is 2.47. The van der Waals surface area contributed by atoms with Crippen molar-refractivity contribution >= 4 is 11.4 Å². The lowest BCUT2D eigenvalue weighted by Crippen LogP contribution is -2.08. The molecule has 0 amide bonds. The van der Waals surface area contributed by atoms with Crippen LogP contribution in [0.25, 0.3) is 0 Å². The van der Waals surface area contributed by atoms with E-state index in [9.17, 15) is 14.5 Å². The summed E-state index contributed by atoms with van der Waals surface area (Å²) in [5.41, 5.74) is 2.23. The van der Waals surface area contributed by atoms with Gasteiger partial charge in [-0.1, -0.05) is 12.1 Å². The number of hydrogen-bond donors (Lipinski definition) is 1. The first-order valence-corrected chi connectivity index (χ1v) is 6.96. The van der Waals surface area contributed by atoms with Crippen LogP contribution in [0.5, 0.6) is 5.75 Å². The van der Waals surface area contributed by atoms with Crippen molar-refractivity contribution in [3.63, 3.8) is 0 Å². The molecule has 22 heavy (non-hydrogen) atoms. The molecule has 0 radical (unpaired) electrons. The second kappa shape index (κ2) is 5.63. The third-order valence-corrected chi connectivity index (χ3v) is 3.94. The predicted molar refractivity (Wildman–Crippen MR) is 80.7 cm³/mol. The number of rotatable bonds is 4. The highest BCUT2D eigenvalue weighted by molar-refractivity contribution is 5.54. The Bertz CT molecular complexity index is 733. The zero-order valence-electron chi connectivity index (χ0n) is 12.0. The van der Waals surface area contributed by atoms with Gasteiger partial charge in [0, 0.05) is 6.07 Å². The second-order valence-corrected chi connectivity index (χ2v) is 5.18. The zero-order chi connectivity index (χ0) is 15.7. The quantitative estimate of drug-likeness (QED) is 0.688. The van der Waals surface area contributed by atoms with Gasteiger partial charge in [-0.2, -0.15) is 0 Å². The van der Waals surface area contributed by atoms with Crippen LogP contribution in [-0.4, -0.2) is 12.0 Å². The number of nitrogens with zero attached hydrogens (tertiary/aromatic N) is 1. The SMILES string of the molecule is COc1cccc2c1CCC2Nc1ccc([N+](=O)[O-])cc1F. The molecule has 1 unspecified atom stereocenters. The van der Waals surface area contributed by atoms with Gasteiger partial charge in [-0.15, -0.1) is 0 Å². The zero-order valence-corrected chi connectivity index (χ0v) is 12.0. The Morgan fingerprint density at radius 2 is 2.18 bits per heavy atom. The summed E-state index contributed by atoms with van der Waals surface area (Å²) < 4.78 is 19.3. The maximum Gasteiger partial charge on any atom is 0.272 e. The maximum absolute atomic E-state index is 14.0. The number of ether oxygens (including phenoxy) is 1. The number of methoxy groups -OCH3 is 1. The Labute approximate surface area is 126 Å². The number of fused-ring (bicyclic) bond motifs is 1. The first-order chi connectivity index (χ1) is 10.6. The van der Waals surface area contributed by atoms with Gasteiger partial charge in [-0.3, -0.25) is 10.1 Å². The van der Waals surface area contributed by atoms with Crippen LogP contribution in [-0.2, 0) is 6.42 Å². The minimum absolute atomic E-state index is 0.0268. The van der Waals surface area contributed by atoms with Gasteiger partial charge in [0.15, 0.2) is 5.82 Å². The third-order valence-electron chi connectivity index (χ3n) is 3.94. The predicted octanol–water partition coefficient (Wildman–Crippen LogP) is 3.84. The molecule has 1 atom stereocenters. The first kappa shape index (κ1) is 14.3. The van der Waals surface area contributed by atoms with Crippen LogP contribution in [0.3, 0.4) is 0 Å². The Hall–Kier alpha value is -2.63. The molecule has 2 aromatic rings. The summed E-state index contributed by atoms with van der Waals surface area (Å²) in [6.07, 6.45) is 1.68. The highest BCUT2D eigenvalue weighted by Crippen LogP contribution is 2.39. The van der Waals surface area contributed by atoms with Crippen LogP contribution >= 0.6 is 0 Å². The van der Waals surface area contributed by atoms with E-state index in [0.29, 0.717) is 0 Å². The van der Waals surface area contributed by atoms with E-state index >= 15 is 0 Å². The van der Waals surface area contributed by atoms with E-state index in [1.165, 1.54) is 12.1 Å². The van der Waals surface area contributed by atoms with Crippen LogP contribution < -0.4 is 10.1 Å². The first-order valence-electron chi connectivity index (χ1n) is 6.96. The van der Waals surface area contributed by atoms with E-state index in [1.807, 2.05) is 18.2 Å². The fourth-order valence-electron chi connectivity index (χ4n) is 2.88. The topological polar surface area (TPSA) is 64.4 Å². The largest absolute Gasteiger partial charge is 0.496 e. The average Bonchev–Trinajstić information content (AvgIpc) is 2.92. The number of nitro benzene ring substituents is 1. The van der Waals surface area contributed by atoms with Crippen molar-refractivity contribution in [3.8, 4) is 5.75 Å². The van der Waals surface area contributed by atoms with E-state index in [1.54, 1.807) is 7.11 Å². The Morgan fingerprint density at radius 3 is 2.86 bits per heavy atom. The van der Waals surface area contributed by atoms with E-state index in [0.717, 1.165) is 35.8 Å². The van der Waals surface area contributed by atoms with Crippen molar-refractivity contribution in [2.75, 3.05) is 12.4 Å². The number of nitrogens with one attached hydrogen (secondary N) is 1. The van der Waals surface area contributed by atoms with Gasteiger partial charge in [0.25, 0.3) is 5.69 Å². The number of benzene rings is 2. The highest BCUT2D eigenvalue weighted by atomic mass is 19.1. The fraction of sp³-hybridized carbons (Fsp3) is 0.250. The molecule has 0 spiro atoms. The number of hydrogen-bond acceptors (Lipinski definition) is 4. The normalized spacial score (nSPS) is 16.2. The molecule has 0 heterocycles. The van der Waals surface area contributed by atoms with Crippen molar-refractivity contribution in [3.05, 3.63) is 63.5 Å². The van der Waals surface area contributed by atoms with Crippen molar-refractivity contribution in [2.45, 2.75) is 18.9 Å².